The Morgan fingerprint density at radius 3 is 2.33 bits per heavy atom. The number of phenolic OH excluding ortho intramolecular Hbond substituents is 1. The van der Waals surface area contributed by atoms with Crippen LogP contribution in [0.2, 0.25) is 0 Å². The summed E-state index contributed by atoms with van der Waals surface area (Å²) in [5.74, 6) is -0.376. The second-order valence-corrected chi connectivity index (χ2v) is 16.4. The number of benzene rings is 4. The number of phenols is 1. The average Bonchev–Trinajstić information content (AvgIpc) is 3.59. The van der Waals surface area contributed by atoms with Crippen LogP contribution in [0.25, 0.3) is 22.0 Å². The molecule has 12 nitrogen and oxygen atoms in total. The predicted molar refractivity (Wildman–Crippen MR) is 232 cm³/mol. The number of para-hydroxylation sites is 1. The van der Waals surface area contributed by atoms with E-state index in [0.717, 1.165) is 70.3 Å². The second kappa shape index (κ2) is 17.5. The highest BCUT2D eigenvalue weighted by Gasteiger charge is 2.51. The maximum atomic E-state index is 14.8. The van der Waals surface area contributed by atoms with Crippen molar-refractivity contribution in [2.24, 2.45) is 13.0 Å². The Balaban J connectivity index is 1.09. The molecule has 12 heteroatoms. The molecular formula is C48H53N7O5. The van der Waals surface area contributed by atoms with Crippen LogP contribution in [0.4, 0.5) is 5.69 Å². The Kier molecular flexibility index (Phi) is 11.9. The van der Waals surface area contributed by atoms with Gasteiger partial charge in [-0.1, -0.05) is 78.9 Å². The molecule has 4 amide bonds. The molecule has 310 valence electrons. The predicted octanol–water partition coefficient (Wildman–Crippen LogP) is 5.82. The van der Waals surface area contributed by atoms with Crippen molar-refractivity contribution in [1.29, 1.82) is 0 Å². The van der Waals surface area contributed by atoms with Crippen molar-refractivity contribution >= 4 is 40.2 Å². The average molecular weight is 808 g/mol. The monoisotopic (exact) mass is 807 g/mol. The van der Waals surface area contributed by atoms with Crippen LogP contribution in [0.15, 0.2) is 116 Å². The first-order valence-electron chi connectivity index (χ1n) is 20.8. The van der Waals surface area contributed by atoms with Crippen LogP contribution in [0.5, 0.6) is 5.75 Å². The number of fused-ring (bicyclic) bond motifs is 2. The van der Waals surface area contributed by atoms with Crippen LogP contribution in [0, 0.1) is 5.92 Å². The van der Waals surface area contributed by atoms with E-state index in [9.17, 15) is 24.3 Å². The van der Waals surface area contributed by atoms with Gasteiger partial charge in [-0.2, -0.15) is 0 Å². The van der Waals surface area contributed by atoms with Gasteiger partial charge in [0.25, 0.3) is 0 Å². The molecule has 0 saturated carbocycles. The van der Waals surface area contributed by atoms with Crippen molar-refractivity contribution in [3.05, 3.63) is 133 Å². The molecule has 60 heavy (non-hydrogen) atoms. The van der Waals surface area contributed by atoms with Gasteiger partial charge in [0.05, 0.1) is 18.6 Å². The summed E-state index contributed by atoms with van der Waals surface area (Å²) >= 11 is 0. The Labute approximate surface area is 351 Å². The van der Waals surface area contributed by atoms with E-state index in [-0.39, 0.29) is 67.8 Å². The summed E-state index contributed by atoms with van der Waals surface area (Å²) in [6.45, 7) is 6.38. The van der Waals surface area contributed by atoms with Crippen molar-refractivity contribution in [3.63, 3.8) is 0 Å². The highest BCUT2D eigenvalue weighted by molar-refractivity contribution is 5.99. The van der Waals surface area contributed by atoms with Crippen molar-refractivity contribution in [1.82, 2.24) is 29.3 Å². The van der Waals surface area contributed by atoms with E-state index >= 15 is 0 Å². The van der Waals surface area contributed by atoms with E-state index in [1.807, 2.05) is 73.8 Å². The topological polar surface area (TPSA) is 122 Å². The molecule has 0 bridgehead atoms. The quantitative estimate of drug-likeness (QED) is 0.153. The number of hydrazine groups is 1. The summed E-state index contributed by atoms with van der Waals surface area (Å²) in [7, 11) is 4.09. The summed E-state index contributed by atoms with van der Waals surface area (Å²) in [4.78, 5) is 61.9. The summed E-state index contributed by atoms with van der Waals surface area (Å²) in [6, 6.07) is 29.7. The van der Waals surface area contributed by atoms with E-state index < -0.39 is 12.2 Å². The number of nitrogens with zero attached hydrogens (tertiary/aromatic N) is 6. The molecule has 4 aromatic carbocycles. The van der Waals surface area contributed by atoms with Gasteiger partial charge in [0.1, 0.15) is 18.0 Å². The van der Waals surface area contributed by atoms with E-state index in [2.05, 4.69) is 40.7 Å². The number of nitrogens with one attached hydrogen (secondary N) is 1. The number of likely N-dealkylation sites (tertiary alicyclic amines) is 1. The van der Waals surface area contributed by atoms with Gasteiger partial charge in [-0.15, -0.1) is 6.58 Å². The second-order valence-electron chi connectivity index (χ2n) is 16.4. The van der Waals surface area contributed by atoms with E-state index in [4.69, 9.17) is 0 Å². The first kappa shape index (κ1) is 40.5. The van der Waals surface area contributed by atoms with Gasteiger partial charge in [-0.05, 0) is 85.9 Å². The molecule has 1 aromatic heterocycles. The lowest BCUT2D eigenvalue weighted by atomic mass is 9.96. The van der Waals surface area contributed by atoms with E-state index in [0.29, 0.717) is 13.0 Å². The third-order valence-corrected chi connectivity index (χ3v) is 12.3. The molecule has 3 aliphatic heterocycles. The minimum absolute atomic E-state index is 0.0168. The lowest BCUT2D eigenvalue weighted by Crippen LogP contribution is -2.75. The van der Waals surface area contributed by atoms with Crippen molar-refractivity contribution < 1.29 is 24.3 Å². The third-order valence-electron chi connectivity index (χ3n) is 12.3. The maximum Gasteiger partial charge on any atom is 0.246 e. The molecule has 3 aliphatic rings. The van der Waals surface area contributed by atoms with Gasteiger partial charge in [-0.3, -0.25) is 19.2 Å². The molecule has 5 aromatic rings. The Morgan fingerprint density at radius 1 is 0.883 bits per heavy atom. The summed E-state index contributed by atoms with van der Waals surface area (Å²) in [5.41, 5.74) is 6.53. The van der Waals surface area contributed by atoms with Gasteiger partial charge >= 0.3 is 0 Å². The fourth-order valence-electron chi connectivity index (χ4n) is 9.13. The zero-order valence-corrected chi connectivity index (χ0v) is 34.4. The fraction of sp³-hybridized carbons (Fsp3) is 0.333. The van der Waals surface area contributed by atoms with Crippen molar-refractivity contribution in [2.45, 2.75) is 50.9 Å². The van der Waals surface area contributed by atoms with Crippen LogP contribution in [0.3, 0.4) is 0 Å². The standard InChI is InChI=1S/C48H53N7O5/c1-4-25-53-32-45(58)54-42(28-34-13-20-39(56)21-14-34)48(60)52(31-43(54)55(53)44(57)22-15-33-9-6-5-7-10-33)29-37-11-8-12-40-41(30-51(3)46(37)40)35-16-18-38(19-17-35)49-47(59)36-23-26-50(2)27-24-36/h4-14,16-21,30,36,42-43,56H,1,15,22-29,31-32H2,2-3H3,(H,49,59)/t42-,43?/m0/s1. The number of carbonyl (C=O) groups is 4. The molecule has 4 heterocycles. The number of aromatic hydroxyl groups is 1. The lowest BCUT2D eigenvalue weighted by Gasteiger charge is -2.55. The molecule has 0 aliphatic carbocycles. The fourth-order valence-corrected chi connectivity index (χ4v) is 9.13. The number of anilines is 1. The van der Waals surface area contributed by atoms with Gasteiger partial charge in [0.2, 0.25) is 23.6 Å². The Bertz CT molecular complexity index is 2370. The number of amides is 4. The molecule has 2 atom stereocenters. The largest absolute Gasteiger partial charge is 0.508 e. The third kappa shape index (κ3) is 8.43. The highest BCUT2D eigenvalue weighted by Crippen LogP contribution is 2.35. The van der Waals surface area contributed by atoms with Crippen LogP contribution in [0.1, 0.15) is 36.0 Å². The first-order valence-corrected chi connectivity index (χ1v) is 20.8. The molecule has 3 saturated heterocycles. The number of hydrogen-bond acceptors (Lipinski definition) is 7. The highest BCUT2D eigenvalue weighted by atomic mass is 16.3. The normalized spacial score (nSPS) is 19.1. The molecule has 3 fully saturated rings. The van der Waals surface area contributed by atoms with Crippen LogP contribution in [-0.4, -0.2) is 110 Å². The SMILES string of the molecule is C=CCN1CC(=O)N2C(CN(Cc3cccc4c(-c5ccc(NC(=O)C6CCN(C)CC6)cc5)cn(C)c34)C(=O)[C@@H]2Cc2ccc(O)cc2)N1C(=O)CCc1ccccc1. The summed E-state index contributed by atoms with van der Waals surface area (Å²) in [5, 5.41) is 17.6. The molecule has 2 N–H and O–H groups in total. The van der Waals surface area contributed by atoms with Gasteiger partial charge in [0, 0.05) is 61.7 Å². The minimum Gasteiger partial charge on any atom is -0.508 e. The van der Waals surface area contributed by atoms with Crippen LogP contribution >= 0.6 is 0 Å². The van der Waals surface area contributed by atoms with Crippen molar-refractivity contribution in [2.75, 3.05) is 45.1 Å². The minimum atomic E-state index is -0.877. The number of piperazine rings is 1. The molecule has 0 radical (unpaired) electrons. The molecule has 8 rings (SSSR count). The van der Waals surface area contributed by atoms with Crippen LogP contribution in [-0.2, 0) is 45.6 Å². The maximum absolute atomic E-state index is 14.8. The number of hydrogen-bond donors (Lipinski definition) is 2. The molecule has 0 spiro atoms. The Hall–Kier alpha value is -6.24. The smallest absolute Gasteiger partial charge is 0.246 e. The number of rotatable bonds is 12. The number of carbonyl (C=O) groups excluding carboxylic acids is 4. The Morgan fingerprint density at radius 2 is 1.62 bits per heavy atom. The zero-order chi connectivity index (χ0) is 41.9. The zero-order valence-electron chi connectivity index (χ0n) is 34.4. The van der Waals surface area contributed by atoms with Crippen molar-refractivity contribution in [3.8, 4) is 16.9 Å². The van der Waals surface area contributed by atoms with E-state index in [1.165, 1.54) is 0 Å². The number of piperidine rings is 1. The molecular weight excluding hydrogens is 755 g/mol. The van der Waals surface area contributed by atoms with E-state index in [1.54, 1.807) is 50.2 Å². The lowest BCUT2D eigenvalue weighted by molar-refractivity contribution is -0.205. The number of aromatic nitrogens is 1. The van der Waals surface area contributed by atoms with Crippen LogP contribution < -0.4 is 5.32 Å². The summed E-state index contributed by atoms with van der Waals surface area (Å²) in [6.07, 6.45) is 5.74. The van der Waals surface area contributed by atoms with Gasteiger partial charge < -0.3 is 29.7 Å². The molecule has 1 unspecified atom stereocenters. The first-order chi connectivity index (χ1) is 29.1. The summed E-state index contributed by atoms with van der Waals surface area (Å²) < 4.78 is 2.08. The van der Waals surface area contributed by atoms with Gasteiger partial charge in [0.15, 0.2) is 0 Å². The number of aryl methyl sites for hydroxylation is 2. The van der Waals surface area contributed by atoms with Gasteiger partial charge in [-0.25, -0.2) is 10.0 Å².